The molecule has 0 aromatic rings. The summed E-state index contributed by atoms with van der Waals surface area (Å²) in [5.41, 5.74) is 0. The van der Waals surface area contributed by atoms with Gasteiger partial charge in [0, 0.05) is 19.2 Å². The van der Waals surface area contributed by atoms with Gasteiger partial charge in [-0.05, 0) is 38.0 Å². The van der Waals surface area contributed by atoms with Crippen molar-refractivity contribution in [1.82, 2.24) is 5.32 Å². The Labute approximate surface area is 94.8 Å². The molecule has 1 unspecified atom stereocenters. The van der Waals surface area contributed by atoms with Crippen LogP contribution >= 0.6 is 0 Å². The zero-order chi connectivity index (χ0) is 11.3. The van der Waals surface area contributed by atoms with E-state index in [1.165, 1.54) is 32.1 Å². The number of nitrogens with one attached hydrogen (secondary N) is 1. The second kappa shape index (κ2) is 6.49. The Hall–Kier alpha value is -0.0800. The van der Waals surface area contributed by atoms with Crippen molar-refractivity contribution in [2.45, 2.75) is 71.1 Å². The van der Waals surface area contributed by atoms with Crippen LogP contribution in [0.5, 0.6) is 0 Å². The highest BCUT2D eigenvalue weighted by atomic mass is 16.5. The second-order valence-electron chi connectivity index (χ2n) is 5.13. The Morgan fingerprint density at radius 1 is 1.20 bits per heavy atom. The van der Waals surface area contributed by atoms with E-state index in [0.717, 1.165) is 12.0 Å². The third-order valence-corrected chi connectivity index (χ3v) is 3.70. The van der Waals surface area contributed by atoms with Gasteiger partial charge in [-0.15, -0.1) is 0 Å². The van der Waals surface area contributed by atoms with E-state index in [1.54, 1.807) is 0 Å². The minimum absolute atomic E-state index is 0.516. The van der Waals surface area contributed by atoms with Crippen LogP contribution in [0.1, 0.15) is 52.9 Å². The molecule has 0 amide bonds. The molecule has 0 saturated heterocycles. The molecule has 1 atom stereocenters. The van der Waals surface area contributed by atoms with Crippen LogP contribution in [-0.2, 0) is 4.74 Å². The maximum absolute atomic E-state index is 5.39. The first-order valence-electron chi connectivity index (χ1n) is 6.46. The summed E-state index contributed by atoms with van der Waals surface area (Å²) in [6, 6.07) is 1.41. The summed E-state index contributed by atoms with van der Waals surface area (Å²) in [4.78, 5) is 0. The Kier molecular flexibility index (Phi) is 5.62. The zero-order valence-corrected chi connectivity index (χ0v) is 10.8. The Morgan fingerprint density at radius 2 is 1.80 bits per heavy atom. The molecule has 1 N–H and O–H groups in total. The molecule has 2 heteroatoms. The summed E-state index contributed by atoms with van der Waals surface area (Å²) in [5.74, 6) is 0.746. The number of hydrogen-bond acceptors (Lipinski definition) is 2. The van der Waals surface area contributed by atoms with Gasteiger partial charge >= 0.3 is 0 Å². The van der Waals surface area contributed by atoms with E-state index in [2.05, 4.69) is 26.1 Å². The van der Waals surface area contributed by atoms with Crippen molar-refractivity contribution >= 4 is 0 Å². The van der Waals surface area contributed by atoms with Crippen LogP contribution in [0.4, 0.5) is 0 Å². The highest BCUT2D eigenvalue weighted by Gasteiger charge is 2.23. The summed E-state index contributed by atoms with van der Waals surface area (Å²) in [6.07, 6.45) is 6.76. The van der Waals surface area contributed by atoms with Gasteiger partial charge in [-0.1, -0.05) is 20.8 Å². The molecular formula is C13H27NO. The van der Waals surface area contributed by atoms with E-state index < -0.39 is 0 Å². The monoisotopic (exact) mass is 213 g/mol. The van der Waals surface area contributed by atoms with Crippen molar-refractivity contribution in [2.24, 2.45) is 5.92 Å². The van der Waals surface area contributed by atoms with Crippen LogP contribution < -0.4 is 5.32 Å². The summed E-state index contributed by atoms with van der Waals surface area (Å²) >= 11 is 0. The van der Waals surface area contributed by atoms with E-state index in [-0.39, 0.29) is 0 Å². The molecule has 1 saturated carbocycles. The molecule has 90 valence electrons. The molecule has 1 aliphatic carbocycles. The Bertz CT molecular complexity index is 162. The molecule has 0 spiro atoms. The molecule has 15 heavy (non-hydrogen) atoms. The smallest absolute Gasteiger partial charge is 0.0572 e. The second-order valence-corrected chi connectivity index (χ2v) is 5.13. The minimum atomic E-state index is 0.516. The first-order valence-corrected chi connectivity index (χ1v) is 6.46. The van der Waals surface area contributed by atoms with Crippen molar-refractivity contribution in [1.29, 1.82) is 0 Å². The standard InChI is InChI=1S/C13H27NO/c1-5-13(10(2)3)14-11-6-8-12(15-4)9-7-11/h10-14H,5-9H2,1-4H3. The largest absolute Gasteiger partial charge is 0.381 e. The maximum Gasteiger partial charge on any atom is 0.0572 e. The summed E-state index contributed by atoms with van der Waals surface area (Å²) in [6.45, 7) is 6.89. The third kappa shape index (κ3) is 4.12. The molecule has 0 aromatic heterocycles. The first-order chi connectivity index (χ1) is 7.17. The molecule has 0 aromatic carbocycles. The average Bonchev–Trinajstić information content (AvgIpc) is 2.26. The van der Waals surface area contributed by atoms with E-state index in [9.17, 15) is 0 Å². The van der Waals surface area contributed by atoms with Crippen molar-refractivity contribution in [3.05, 3.63) is 0 Å². The van der Waals surface area contributed by atoms with E-state index >= 15 is 0 Å². The van der Waals surface area contributed by atoms with Gasteiger partial charge in [0.1, 0.15) is 0 Å². The van der Waals surface area contributed by atoms with Gasteiger partial charge in [-0.2, -0.15) is 0 Å². The SMILES string of the molecule is CCC(NC1CCC(OC)CC1)C(C)C. The van der Waals surface area contributed by atoms with E-state index in [1.807, 2.05) is 7.11 Å². The van der Waals surface area contributed by atoms with Gasteiger partial charge in [-0.25, -0.2) is 0 Å². The van der Waals surface area contributed by atoms with Crippen LogP contribution in [0.3, 0.4) is 0 Å². The summed E-state index contributed by atoms with van der Waals surface area (Å²) in [7, 11) is 1.83. The fourth-order valence-corrected chi connectivity index (χ4v) is 2.55. The van der Waals surface area contributed by atoms with Crippen LogP contribution in [0.25, 0.3) is 0 Å². The van der Waals surface area contributed by atoms with Crippen molar-refractivity contribution in [2.75, 3.05) is 7.11 Å². The molecule has 2 nitrogen and oxygen atoms in total. The molecule has 0 bridgehead atoms. The average molecular weight is 213 g/mol. The van der Waals surface area contributed by atoms with Gasteiger partial charge < -0.3 is 10.1 Å². The lowest BCUT2D eigenvalue weighted by atomic mass is 9.91. The summed E-state index contributed by atoms with van der Waals surface area (Å²) in [5, 5.41) is 3.79. The lowest BCUT2D eigenvalue weighted by Gasteiger charge is -2.32. The lowest BCUT2D eigenvalue weighted by Crippen LogP contribution is -2.43. The van der Waals surface area contributed by atoms with Crippen LogP contribution in [-0.4, -0.2) is 25.3 Å². The van der Waals surface area contributed by atoms with Crippen molar-refractivity contribution in [3.63, 3.8) is 0 Å². The number of rotatable bonds is 5. The third-order valence-electron chi connectivity index (χ3n) is 3.70. The first kappa shape index (κ1) is 13.0. The van der Waals surface area contributed by atoms with Gasteiger partial charge in [-0.3, -0.25) is 0 Å². The number of hydrogen-bond donors (Lipinski definition) is 1. The normalized spacial score (nSPS) is 29.4. The molecular weight excluding hydrogens is 186 g/mol. The predicted molar refractivity (Wildman–Crippen MR) is 65.1 cm³/mol. The predicted octanol–water partition coefficient (Wildman–Crippen LogP) is 2.97. The molecule has 1 rings (SSSR count). The summed E-state index contributed by atoms with van der Waals surface area (Å²) < 4.78 is 5.39. The number of ether oxygens (including phenoxy) is 1. The highest BCUT2D eigenvalue weighted by Crippen LogP contribution is 2.22. The Balaban J connectivity index is 2.28. The van der Waals surface area contributed by atoms with Gasteiger partial charge in [0.15, 0.2) is 0 Å². The fourth-order valence-electron chi connectivity index (χ4n) is 2.55. The Morgan fingerprint density at radius 3 is 2.20 bits per heavy atom. The molecule has 0 aliphatic heterocycles. The van der Waals surface area contributed by atoms with E-state index in [0.29, 0.717) is 12.1 Å². The van der Waals surface area contributed by atoms with Gasteiger partial charge in [0.05, 0.1) is 6.10 Å². The van der Waals surface area contributed by atoms with Crippen molar-refractivity contribution < 1.29 is 4.74 Å². The molecule has 1 aliphatic rings. The highest BCUT2D eigenvalue weighted by molar-refractivity contribution is 4.81. The lowest BCUT2D eigenvalue weighted by molar-refractivity contribution is 0.0601. The van der Waals surface area contributed by atoms with Crippen LogP contribution in [0, 0.1) is 5.92 Å². The van der Waals surface area contributed by atoms with Gasteiger partial charge in [0.25, 0.3) is 0 Å². The zero-order valence-electron chi connectivity index (χ0n) is 10.8. The maximum atomic E-state index is 5.39. The number of methoxy groups -OCH3 is 1. The minimum Gasteiger partial charge on any atom is -0.381 e. The fraction of sp³-hybridized carbons (Fsp3) is 1.00. The van der Waals surface area contributed by atoms with Crippen LogP contribution in [0.2, 0.25) is 0 Å². The van der Waals surface area contributed by atoms with Crippen molar-refractivity contribution in [3.8, 4) is 0 Å². The van der Waals surface area contributed by atoms with Crippen LogP contribution in [0.15, 0.2) is 0 Å². The molecule has 0 heterocycles. The van der Waals surface area contributed by atoms with E-state index in [4.69, 9.17) is 4.74 Å². The molecule has 0 radical (unpaired) electrons. The van der Waals surface area contributed by atoms with Gasteiger partial charge in [0.2, 0.25) is 0 Å². The molecule has 1 fully saturated rings. The topological polar surface area (TPSA) is 21.3 Å². The quantitative estimate of drug-likeness (QED) is 0.758.